The maximum atomic E-state index is 12.8. The van der Waals surface area contributed by atoms with E-state index in [2.05, 4.69) is 17.6 Å². The summed E-state index contributed by atoms with van der Waals surface area (Å²) in [6.07, 6.45) is 3.94. The summed E-state index contributed by atoms with van der Waals surface area (Å²) in [7, 11) is -3.42. The van der Waals surface area contributed by atoms with Crippen LogP contribution in [0.1, 0.15) is 38.2 Å². The maximum Gasteiger partial charge on any atom is 0.325 e. The van der Waals surface area contributed by atoms with Gasteiger partial charge in [0.1, 0.15) is 12.1 Å². The number of anilines is 1. The van der Waals surface area contributed by atoms with Crippen molar-refractivity contribution in [2.75, 3.05) is 18.1 Å². The topological polar surface area (TPSA) is 113 Å². The second-order valence-corrected chi connectivity index (χ2v) is 9.90. The predicted octanol–water partition coefficient (Wildman–Crippen LogP) is 1.84. The molecular formula is C19H25N3O5S. The first kappa shape index (κ1) is 20.3. The highest BCUT2D eigenvalue weighted by atomic mass is 32.2. The van der Waals surface area contributed by atoms with Crippen LogP contribution in [0.5, 0.6) is 0 Å². The van der Waals surface area contributed by atoms with Crippen molar-refractivity contribution in [2.45, 2.75) is 50.0 Å². The molecule has 1 aliphatic heterocycles. The van der Waals surface area contributed by atoms with Gasteiger partial charge in [0.2, 0.25) is 5.91 Å². The van der Waals surface area contributed by atoms with Crippen LogP contribution >= 0.6 is 0 Å². The van der Waals surface area contributed by atoms with Crippen molar-refractivity contribution in [3.8, 4) is 0 Å². The number of aryl methyl sites for hydroxylation is 1. The molecule has 2 N–H and O–H groups in total. The molecule has 0 radical (unpaired) electrons. The molecule has 28 heavy (non-hydrogen) atoms. The Kier molecular flexibility index (Phi) is 5.22. The molecule has 1 heterocycles. The molecule has 1 aromatic rings. The zero-order chi connectivity index (χ0) is 20.7. The Balaban J connectivity index is 1.72. The van der Waals surface area contributed by atoms with Crippen molar-refractivity contribution in [3.63, 3.8) is 0 Å². The van der Waals surface area contributed by atoms with Gasteiger partial charge in [0.15, 0.2) is 9.84 Å². The molecule has 3 rings (SSSR count). The number of benzene rings is 1. The SMILES string of the molecule is Cc1ccc(S(C)(=O)=O)cc1NC(=O)CN1C(=O)NC2(CCC(C)CC2)C1=O. The number of nitrogens with one attached hydrogen (secondary N) is 2. The second kappa shape index (κ2) is 7.20. The molecule has 0 aromatic heterocycles. The summed E-state index contributed by atoms with van der Waals surface area (Å²) >= 11 is 0. The van der Waals surface area contributed by atoms with E-state index in [-0.39, 0.29) is 10.8 Å². The number of hydrogen-bond acceptors (Lipinski definition) is 5. The highest BCUT2D eigenvalue weighted by molar-refractivity contribution is 7.90. The normalized spacial score (nSPS) is 25.1. The van der Waals surface area contributed by atoms with E-state index < -0.39 is 33.9 Å². The largest absolute Gasteiger partial charge is 0.325 e. The average molecular weight is 407 g/mol. The van der Waals surface area contributed by atoms with E-state index in [0.717, 1.165) is 24.0 Å². The van der Waals surface area contributed by atoms with E-state index in [1.54, 1.807) is 13.0 Å². The molecule has 1 saturated heterocycles. The standard InChI is InChI=1S/C19H25N3O5S/c1-12-6-8-19(9-7-12)17(24)22(18(25)21-19)11-16(23)20-15-10-14(28(3,26)27)5-4-13(15)2/h4-5,10,12H,6-9,11H2,1-3H3,(H,20,23)(H,21,25). The lowest BCUT2D eigenvalue weighted by molar-refractivity contribution is -0.135. The zero-order valence-corrected chi connectivity index (χ0v) is 17.1. The fourth-order valence-corrected chi connectivity index (χ4v) is 4.36. The third kappa shape index (κ3) is 3.89. The van der Waals surface area contributed by atoms with Gasteiger partial charge in [0.25, 0.3) is 5.91 Å². The Morgan fingerprint density at radius 1 is 1.29 bits per heavy atom. The number of carbonyl (C=O) groups is 3. The number of hydrogen-bond donors (Lipinski definition) is 2. The van der Waals surface area contributed by atoms with Crippen LogP contribution in [-0.4, -0.2) is 49.5 Å². The Bertz CT molecular complexity index is 933. The van der Waals surface area contributed by atoms with Crippen molar-refractivity contribution in [3.05, 3.63) is 23.8 Å². The van der Waals surface area contributed by atoms with Crippen LogP contribution < -0.4 is 10.6 Å². The van der Waals surface area contributed by atoms with Gasteiger partial charge in [0, 0.05) is 11.9 Å². The van der Waals surface area contributed by atoms with E-state index in [4.69, 9.17) is 0 Å². The lowest BCUT2D eigenvalue weighted by Gasteiger charge is -2.33. The van der Waals surface area contributed by atoms with E-state index in [1.165, 1.54) is 12.1 Å². The Morgan fingerprint density at radius 2 is 1.93 bits per heavy atom. The van der Waals surface area contributed by atoms with Crippen molar-refractivity contribution in [1.29, 1.82) is 0 Å². The molecule has 152 valence electrons. The molecule has 2 aliphatic rings. The molecule has 0 unspecified atom stereocenters. The summed E-state index contributed by atoms with van der Waals surface area (Å²) in [5.41, 5.74) is 0.118. The van der Waals surface area contributed by atoms with Crippen LogP contribution in [0, 0.1) is 12.8 Å². The van der Waals surface area contributed by atoms with Gasteiger partial charge in [-0.1, -0.05) is 13.0 Å². The lowest BCUT2D eigenvalue weighted by Crippen LogP contribution is -2.49. The van der Waals surface area contributed by atoms with Crippen LogP contribution in [0.15, 0.2) is 23.1 Å². The quantitative estimate of drug-likeness (QED) is 0.740. The van der Waals surface area contributed by atoms with Crippen molar-refractivity contribution < 1.29 is 22.8 Å². The minimum Gasteiger partial charge on any atom is -0.324 e. The van der Waals surface area contributed by atoms with E-state index >= 15 is 0 Å². The van der Waals surface area contributed by atoms with Gasteiger partial charge >= 0.3 is 6.03 Å². The number of sulfone groups is 1. The molecular weight excluding hydrogens is 382 g/mol. The highest BCUT2D eigenvalue weighted by Gasteiger charge is 2.52. The summed E-state index contributed by atoms with van der Waals surface area (Å²) in [6.45, 7) is 3.43. The molecule has 4 amide bonds. The molecule has 2 fully saturated rings. The van der Waals surface area contributed by atoms with Gasteiger partial charge < -0.3 is 10.6 Å². The second-order valence-electron chi connectivity index (χ2n) is 7.88. The third-order valence-corrected chi connectivity index (χ3v) is 6.70. The molecule has 1 saturated carbocycles. The van der Waals surface area contributed by atoms with Crippen molar-refractivity contribution >= 4 is 33.4 Å². The van der Waals surface area contributed by atoms with Crippen LogP contribution in [-0.2, 0) is 19.4 Å². The van der Waals surface area contributed by atoms with Crippen LogP contribution in [0.25, 0.3) is 0 Å². The predicted molar refractivity (Wildman–Crippen MR) is 104 cm³/mol. The number of imide groups is 1. The smallest absolute Gasteiger partial charge is 0.324 e. The van der Waals surface area contributed by atoms with Gasteiger partial charge in [-0.25, -0.2) is 13.2 Å². The summed E-state index contributed by atoms with van der Waals surface area (Å²) in [5.74, 6) is -0.405. The Morgan fingerprint density at radius 3 is 2.54 bits per heavy atom. The van der Waals surface area contributed by atoms with Gasteiger partial charge in [-0.3, -0.25) is 14.5 Å². The average Bonchev–Trinajstić information content (AvgIpc) is 2.83. The van der Waals surface area contributed by atoms with Gasteiger partial charge in [-0.2, -0.15) is 0 Å². The Hall–Kier alpha value is -2.42. The van der Waals surface area contributed by atoms with Crippen LogP contribution in [0.2, 0.25) is 0 Å². The van der Waals surface area contributed by atoms with Crippen LogP contribution in [0.4, 0.5) is 10.5 Å². The van der Waals surface area contributed by atoms with Gasteiger partial charge in [-0.05, 0) is 56.2 Å². The lowest BCUT2D eigenvalue weighted by atomic mass is 9.77. The molecule has 0 bridgehead atoms. The Labute approximate surface area is 164 Å². The number of amides is 4. The summed E-state index contributed by atoms with van der Waals surface area (Å²) in [4.78, 5) is 38.6. The highest BCUT2D eigenvalue weighted by Crippen LogP contribution is 2.36. The summed E-state index contributed by atoms with van der Waals surface area (Å²) < 4.78 is 23.4. The van der Waals surface area contributed by atoms with Gasteiger partial charge in [-0.15, -0.1) is 0 Å². The first-order valence-corrected chi connectivity index (χ1v) is 11.2. The zero-order valence-electron chi connectivity index (χ0n) is 16.2. The number of urea groups is 1. The first-order valence-electron chi connectivity index (χ1n) is 9.26. The molecule has 0 atom stereocenters. The van der Waals surface area contributed by atoms with Crippen LogP contribution in [0.3, 0.4) is 0 Å². The number of carbonyl (C=O) groups excluding carboxylic acids is 3. The molecule has 1 spiro atoms. The van der Waals surface area contributed by atoms with Gasteiger partial charge in [0.05, 0.1) is 4.90 Å². The van der Waals surface area contributed by atoms with E-state index in [9.17, 15) is 22.8 Å². The van der Waals surface area contributed by atoms with Crippen molar-refractivity contribution in [2.24, 2.45) is 5.92 Å². The minimum absolute atomic E-state index is 0.0821. The maximum absolute atomic E-state index is 12.8. The van der Waals surface area contributed by atoms with E-state index in [0.29, 0.717) is 30.0 Å². The first-order chi connectivity index (χ1) is 13.0. The van der Waals surface area contributed by atoms with E-state index in [1.807, 2.05) is 0 Å². The third-order valence-electron chi connectivity index (χ3n) is 5.59. The minimum atomic E-state index is -3.42. The van der Waals surface area contributed by atoms with Crippen molar-refractivity contribution in [1.82, 2.24) is 10.2 Å². The summed E-state index contributed by atoms with van der Waals surface area (Å²) in [5, 5.41) is 5.39. The number of nitrogens with zero attached hydrogens (tertiary/aromatic N) is 1. The fraction of sp³-hybridized carbons (Fsp3) is 0.526. The number of rotatable bonds is 4. The summed E-state index contributed by atoms with van der Waals surface area (Å²) in [6, 6.07) is 3.87. The fourth-order valence-electron chi connectivity index (χ4n) is 3.71. The molecule has 1 aromatic carbocycles. The monoisotopic (exact) mass is 407 g/mol. The molecule has 8 nitrogen and oxygen atoms in total. The molecule has 1 aliphatic carbocycles. The molecule has 9 heteroatoms.